The zero-order valence-corrected chi connectivity index (χ0v) is 12.6. The van der Waals surface area contributed by atoms with Crippen LogP contribution in [0.2, 0.25) is 0 Å². The van der Waals surface area contributed by atoms with E-state index in [4.69, 9.17) is 5.73 Å². The highest BCUT2D eigenvalue weighted by Crippen LogP contribution is 2.32. The van der Waals surface area contributed by atoms with E-state index in [1.807, 2.05) is 0 Å². The van der Waals surface area contributed by atoms with E-state index in [1.54, 1.807) is 11.3 Å². The summed E-state index contributed by atoms with van der Waals surface area (Å²) in [5.74, 6) is 0. The summed E-state index contributed by atoms with van der Waals surface area (Å²) in [6.07, 6.45) is 5.76. The van der Waals surface area contributed by atoms with E-state index in [1.165, 1.54) is 24.8 Å². The lowest BCUT2D eigenvalue weighted by atomic mass is 9.96. The van der Waals surface area contributed by atoms with Gasteiger partial charge in [-0.2, -0.15) is 11.3 Å². The molecule has 0 aromatic carbocycles. The number of nitrogens with zero attached hydrogens (tertiary/aromatic N) is 1. The summed E-state index contributed by atoms with van der Waals surface area (Å²) in [7, 11) is 0. The Morgan fingerprint density at radius 2 is 2.32 bits per heavy atom. The van der Waals surface area contributed by atoms with Gasteiger partial charge in [0.15, 0.2) is 0 Å². The SMILES string of the molecule is CCC(N)C(c1ccsc1)N1CCCCCC1CO. The minimum absolute atomic E-state index is 0.141. The van der Waals surface area contributed by atoms with Gasteiger partial charge in [0.25, 0.3) is 0 Å². The molecule has 1 saturated heterocycles. The molecule has 3 unspecified atom stereocenters. The molecule has 1 fully saturated rings. The van der Waals surface area contributed by atoms with Crippen LogP contribution in [-0.2, 0) is 0 Å². The molecule has 1 aliphatic heterocycles. The van der Waals surface area contributed by atoms with Gasteiger partial charge in [-0.3, -0.25) is 4.90 Å². The van der Waals surface area contributed by atoms with E-state index in [0.717, 1.165) is 19.4 Å². The number of likely N-dealkylation sites (tertiary alicyclic amines) is 1. The second-order valence-corrected chi connectivity index (χ2v) is 6.28. The average Bonchev–Trinajstić information content (AvgIpc) is 2.85. The molecule has 0 aliphatic carbocycles. The predicted molar refractivity (Wildman–Crippen MR) is 81.4 cm³/mol. The number of rotatable bonds is 5. The van der Waals surface area contributed by atoms with E-state index in [2.05, 4.69) is 28.7 Å². The molecule has 0 amide bonds. The van der Waals surface area contributed by atoms with E-state index in [-0.39, 0.29) is 24.7 Å². The first kappa shape index (κ1) is 15.0. The monoisotopic (exact) mass is 282 g/mol. The smallest absolute Gasteiger partial charge is 0.0587 e. The molecule has 0 radical (unpaired) electrons. The number of aliphatic hydroxyl groups excluding tert-OH is 1. The number of hydrogen-bond acceptors (Lipinski definition) is 4. The molecule has 3 atom stereocenters. The van der Waals surface area contributed by atoms with Crippen LogP contribution >= 0.6 is 11.3 Å². The molecule has 2 rings (SSSR count). The molecule has 2 heterocycles. The van der Waals surface area contributed by atoms with Crippen molar-refractivity contribution >= 4 is 11.3 Å². The Balaban J connectivity index is 2.24. The molecule has 1 aromatic heterocycles. The molecule has 1 aromatic rings. The number of nitrogens with two attached hydrogens (primary N) is 1. The molecule has 4 heteroatoms. The zero-order valence-electron chi connectivity index (χ0n) is 11.8. The van der Waals surface area contributed by atoms with Crippen LogP contribution in [0.4, 0.5) is 0 Å². The summed E-state index contributed by atoms with van der Waals surface area (Å²) in [4.78, 5) is 2.46. The van der Waals surface area contributed by atoms with E-state index in [0.29, 0.717) is 0 Å². The number of hydrogen-bond donors (Lipinski definition) is 2. The Morgan fingerprint density at radius 1 is 1.47 bits per heavy atom. The molecule has 19 heavy (non-hydrogen) atoms. The normalized spacial score (nSPS) is 24.9. The van der Waals surface area contributed by atoms with Gasteiger partial charge in [-0.25, -0.2) is 0 Å². The number of thiophene rings is 1. The van der Waals surface area contributed by atoms with Gasteiger partial charge in [-0.15, -0.1) is 0 Å². The highest BCUT2D eigenvalue weighted by Gasteiger charge is 2.31. The van der Waals surface area contributed by atoms with Crippen LogP contribution < -0.4 is 5.73 Å². The molecule has 0 bridgehead atoms. The largest absolute Gasteiger partial charge is 0.395 e. The second-order valence-electron chi connectivity index (χ2n) is 5.50. The van der Waals surface area contributed by atoms with E-state index >= 15 is 0 Å². The second kappa shape index (κ2) is 7.39. The number of aliphatic hydroxyl groups is 1. The highest BCUT2D eigenvalue weighted by molar-refractivity contribution is 7.07. The predicted octanol–water partition coefficient (Wildman–Crippen LogP) is 2.76. The fourth-order valence-corrected chi connectivity index (χ4v) is 3.80. The molecule has 3 N–H and O–H groups in total. The molecular formula is C15H26N2OS. The fourth-order valence-electron chi connectivity index (χ4n) is 3.11. The zero-order chi connectivity index (χ0) is 13.7. The lowest BCUT2D eigenvalue weighted by Gasteiger charge is -2.39. The summed E-state index contributed by atoms with van der Waals surface area (Å²) in [5.41, 5.74) is 7.71. The maximum absolute atomic E-state index is 9.71. The molecule has 1 aliphatic rings. The minimum Gasteiger partial charge on any atom is -0.395 e. The Labute approximate surface area is 120 Å². The first-order valence-electron chi connectivity index (χ1n) is 7.42. The van der Waals surface area contributed by atoms with Crippen LogP contribution in [0.1, 0.15) is 50.6 Å². The van der Waals surface area contributed by atoms with Gasteiger partial charge in [0.1, 0.15) is 0 Å². The van der Waals surface area contributed by atoms with Gasteiger partial charge in [0.2, 0.25) is 0 Å². The van der Waals surface area contributed by atoms with E-state index in [9.17, 15) is 5.11 Å². The molecule has 3 nitrogen and oxygen atoms in total. The first-order chi connectivity index (χ1) is 9.27. The van der Waals surface area contributed by atoms with Crippen LogP contribution in [0.25, 0.3) is 0 Å². The van der Waals surface area contributed by atoms with Crippen molar-refractivity contribution in [1.82, 2.24) is 4.90 Å². The van der Waals surface area contributed by atoms with Crippen molar-refractivity contribution in [2.45, 2.75) is 57.2 Å². The summed E-state index contributed by atoms with van der Waals surface area (Å²) in [5, 5.41) is 14.0. The van der Waals surface area contributed by atoms with Crippen molar-refractivity contribution in [1.29, 1.82) is 0 Å². The summed E-state index contributed by atoms with van der Waals surface area (Å²) >= 11 is 1.73. The molecule has 0 saturated carbocycles. The van der Waals surface area contributed by atoms with E-state index < -0.39 is 0 Å². The van der Waals surface area contributed by atoms with Gasteiger partial charge < -0.3 is 10.8 Å². The summed E-state index contributed by atoms with van der Waals surface area (Å²) in [6.45, 7) is 3.45. The van der Waals surface area contributed by atoms with Crippen molar-refractivity contribution in [3.63, 3.8) is 0 Å². The maximum atomic E-state index is 9.71. The van der Waals surface area contributed by atoms with Crippen molar-refractivity contribution in [3.8, 4) is 0 Å². The molecule has 108 valence electrons. The Hall–Kier alpha value is -0.420. The highest BCUT2D eigenvalue weighted by atomic mass is 32.1. The van der Waals surface area contributed by atoms with Gasteiger partial charge in [0, 0.05) is 12.1 Å². The fraction of sp³-hybridized carbons (Fsp3) is 0.733. The summed E-state index contributed by atoms with van der Waals surface area (Å²) in [6, 6.07) is 2.85. The van der Waals surface area contributed by atoms with Gasteiger partial charge in [-0.05, 0) is 48.2 Å². The Bertz CT molecular complexity index is 355. The lowest BCUT2D eigenvalue weighted by molar-refractivity contribution is 0.0716. The van der Waals surface area contributed by atoms with Gasteiger partial charge in [0.05, 0.1) is 12.6 Å². The third-order valence-corrected chi connectivity index (χ3v) is 4.95. The topological polar surface area (TPSA) is 49.5 Å². The third kappa shape index (κ3) is 3.57. The standard InChI is InChI=1S/C15H26N2OS/c1-2-14(16)15(12-7-9-19-11-12)17-8-5-3-4-6-13(17)10-18/h7,9,11,13-15,18H,2-6,8,10,16H2,1H3. The molecular weight excluding hydrogens is 256 g/mol. The van der Waals surface area contributed by atoms with Crippen molar-refractivity contribution in [2.75, 3.05) is 13.2 Å². The first-order valence-corrected chi connectivity index (χ1v) is 8.36. The Morgan fingerprint density at radius 3 is 2.95 bits per heavy atom. The average molecular weight is 282 g/mol. The van der Waals surface area contributed by atoms with Crippen LogP contribution in [0, 0.1) is 0 Å². The van der Waals surface area contributed by atoms with Crippen molar-refractivity contribution < 1.29 is 5.11 Å². The maximum Gasteiger partial charge on any atom is 0.0587 e. The van der Waals surface area contributed by atoms with Crippen molar-refractivity contribution in [3.05, 3.63) is 22.4 Å². The quantitative estimate of drug-likeness (QED) is 0.873. The lowest BCUT2D eigenvalue weighted by Crippen LogP contribution is -2.47. The summed E-state index contributed by atoms with van der Waals surface area (Å²) < 4.78 is 0. The minimum atomic E-state index is 0.141. The van der Waals surface area contributed by atoms with Crippen molar-refractivity contribution in [2.24, 2.45) is 5.73 Å². The van der Waals surface area contributed by atoms with Gasteiger partial charge in [-0.1, -0.05) is 19.8 Å². The molecule has 0 spiro atoms. The van der Waals surface area contributed by atoms with Crippen LogP contribution in [0.3, 0.4) is 0 Å². The van der Waals surface area contributed by atoms with Crippen LogP contribution in [0.15, 0.2) is 16.8 Å². The van der Waals surface area contributed by atoms with Crippen LogP contribution in [-0.4, -0.2) is 35.2 Å². The third-order valence-electron chi connectivity index (χ3n) is 4.25. The van der Waals surface area contributed by atoms with Crippen LogP contribution in [0.5, 0.6) is 0 Å². The van der Waals surface area contributed by atoms with Gasteiger partial charge >= 0.3 is 0 Å². The Kier molecular flexibility index (Phi) is 5.82.